The van der Waals surface area contributed by atoms with E-state index in [0.29, 0.717) is 5.76 Å². The quantitative estimate of drug-likeness (QED) is 0.369. The first-order valence-electron chi connectivity index (χ1n) is 4.19. The van der Waals surface area contributed by atoms with Gasteiger partial charge in [-0.1, -0.05) is 19.2 Å². The van der Waals surface area contributed by atoms with Gasteiger partial charge in [-0.3, -0.25) is 9.59 Å². The smallest absolute Gasteiger partial charge is 0.311 e. The Balaban J connectivity index is 3.60. The summed E-state index contributed by atoms with van der Waals surface area (Å²) in [6, 6.07) is 0. The maximum absolute atomic E-state index is 10.9. The lowest BCUT2D eigenvalue weighted by Crippen LogP contribution is -2.09. The lowest BCUT2D eigenvalue weighted by atomic mass is 10.3. The minimum Gasteiger partial charge on any atom is -0.461 e. The van der Waals surface area contributed by atoms with Gasteiger partial charge >= 0.3 is 11.9 Å². The normalized spacial score (nSPS) is 8.93. The second kappa shape index (κ2) is 6.88. The van der Waals surface area contributed by atoms with Gasteiger partial charge in [0.25, 0.3) is 0 Å². The van der Waals surface area contributed by atoms with E-state index in [1.807, 2.05) is 0 Å². The summed E-state index contributed by atoms with van der Waals surface area (Å²) in [5.74, 6) is -0.605. The largest absolute Gasteiger partial charge is 0.461 e. The van der Waals surface area contributed by atoms with Crippen LogP contribution in [0.2, 0.25) is 0 Å². The Labute approximate surface area is 83.2 Å². The Morgan fingerprint density at radius 3 is 2.36 bits per heavy atom. The summed E-state index contributed by atoms with van der Waals surface area (Å²) in [5.41, 5.74) is 0. The van der Waals surface area contributed by atoms with E-state index in [1.54, 1.807) is 6.92 Å². The van der Waals surface area contributed by atoms with Crippen molar-refractivity contribution in [2.24, 2.45) is 0 Å². The minimum atomic E-state index is -0.479. The van der Waals surface area contributed by atoms with Gasteiger partial charge < -0.3 is 9.47 Å². The molecule has 4 heteroatoms. The number of carbonyl (C=O) groups is 2. The van der Waals surface area contributed by atoms with Crippen molar-refractivity contribution < 1.29 is 19.1 Å². The molecule has 0 saturated carbocycles. The molecule has 0 aromatic carbocycles. The van der Waals surface area contributed by atoms with Crippen LogP contribution in [0.15, 0.2) is 25.0 Å². The molecule has 0 aromatic heterocycles. The zero-order chi connectivity index (χ0) is 11.0. The van der Waals surface area contributed by atoms with Gasteiger partial charge in [-0.05, 0) is 6.92 Å². The molecular formula is C10H14O4. The van der Waals surface area contributed by atoms with Crippen molar-refractivity contribution in [3.8, 4) is 0 Å². The summed E-state index contributed by atoms with van der Waals surface area (Å²) in [6.07, 6.45) is 1.48. The maximum Gasteiger partial charge on any atom is 0.311 e. The Hall–Kier alpha value is -1.58. The molecule has 0 unspecified atom stereocenters. The third kappa shape index (κ3) is 7.09. The van der Waals surface area contributed by atoms with Crippen molar-refractivity contribution >= 4 is 11.9 Å². The summed E-state index contributed by atoms with van der Waals surface area (Å²) >= 11 is 0. The van der Waals surface area contributed by atoms with E-state index in [1.165, 1.54) is 6.08 Å². The van der Waals surface area contributed by atoms with E-state index >= 15 is 0 Å². The highest BCUT2D eigenvalue weighted by molar-refractivity contribution is 5.78. The third-order valence-corrected chi connectivity index (χ3v) is 1.18. The van der Waals surface area contributed by atoms with Crippen molar-refractivity contribution in [2.45, 2.75) is 19.8 Å². The number of ether oxygens (including phenoxy) is 2. The van der Waals surface area contributed by atoms with Crippen molar-refractivity contribution in [3.63, 3.8) is 0 Å². The predicted molar refractivity (Wildman–Crippen MR) is 51.3 cm³/mol. The van der Waals surface area contributed by atoms with Crippen LogP contribution in [0, 0.1) is 0 Å². The lowest BCUT2D eigenvalue weighted by Gasteiger charge is -2.02. The van der Waals surface area contributed by atoms with Crippen LogP contribution in [-0.2, 0) is 19.1 Å². The molecule has 0 saturated heterocycles. The van der Waals surface area contributed by atoms with Gasteiger partial charge in [-0.25, -0.2) is 0 Å². The van der Waals surface area contributed by atoms with Gasteiger partial charge in [0.05, 0.1) is 18.6 Å². The molecule has 0 amide bonds. The number of hydrogen-bond donors (Lipinski definition) is 0. The summed E-state index contributed by atoms with van der Waals surface area (Å²) in [6.45, 7) is 8.51. The molecular weight excluding hydrogens is 184 g/mol. The van der Waals surface area contributed by atoms with Crippen LogP contribution in [0.3, 0.4) is 0 Å². The standard InChI is InChI=1S/C10H14O4/c1-4-7-13-9(11)5-6-10(12)14-8(2)3/h4H,1-2,5-7H2,3H3. The van der Waals surface area contributed by atoms with E-state index in [2.05, 4.69) is 22.6 Å². The average molecular weight is 198 g/mol. The van der Waals surface area contributed by atoms with Crippen molar-refractivity contribution in [1.82, 2.24) is 0 Å². The Bertz CT molecular complexity index is 243. The number of carbonyl (C=O) groups excluding carboxylic acids is 2. The van der Waals surface area contributed by atoms with Crippen LogP contribution in [0.1, 0.15) is 19.8 Å². The first-order valence-corrected chi connectivity index (χ1v) is 4.19. The molecule has 4 nitrogen and oxygen atoms in total. The zero-order valence-corrected chi connectivity index (χ0v) is 8.25. The number of rotatable bonds is 6. The van der Waals surface area contributed by atoms with Crippen LogP contribution in [0.25, 0.3) is 0 Å². The van der Waals surface area contributed by atoms with E-state index in [0.717, 1.165) is 0 Å². The maximum atomic E-state index is 10.9. The van der Waals surface area contributed by atoms with E-state index < -0.39 is 11.9 Å². The first kappa shape index (κ1) is 12.4. The molecule has 0 aliphatic carbocycles. The van der Waals surface area contributed by atoms with Gasteiger partial charge in [-0.15, -0.1) is 0 Å². The molecule has 0 fully saturated rings. The number of esters is 2. The van der Waals surface area contributed by atoms with Crippen LogP contribution in [0.5, 0.6) is 0 Å². The molecule has 0 atom stereocenters. The second-order valence-corrected chi connectivity index (χ2v) is 2.65. The first-order chi connectivity index (χ1) is 6.56. The fourth-order valence-corrected chi connectivity index (χ4v) is 0.674. The number of hydrogen-bond acceptors (Lipinski definition) is 4. The lowest BCUT2D eigenvalue weighted by molar-refractivity contribution is -0.147. The minimum absolute atomic E-state index is 0.00281. The van der Waals surface area contributed by atoms with Crippen LogP contribution in [0.4, 0.5) is 0 Å². The average Bonchev–Trinajstić information content (AvgIpc) is 2.10. The van der Waals surface area contributed by atoms with E-state index in [-0.39, 0.29) is 19.4 Å². The Kier molecular flexibility index (Phi) is 6.11. The van der Waals surface area contributed by atoms with Gasteiger partial charge in [0.2, 0.25) is 0 Å². The second-order valence-electron chi connectivity index (χ2n) is 2.65. The van der Waals surface area contributed by atoms with Crippen LogP contribution < -0.4 is 0 Å². The Morgan fingerprint density at radius 2 is 1.86 bits per heavy atom. The molecule has 0 aromatic rings. The molecule has 0 heterocycles. The molecule has 78 valence electrons. The molecule has 14 heavy (non-hydrogen) atoms. The molecule has 0 aliphatic rings. The highest BCUT2D eigenvalue weighted by Crippen LogP contribution is 1.99. The van der Waals surface area contributed by atoms with Crippen LogP contribution >= 0.6 is 0 Å². The van der Waals surface area contributed by atoms with Crippen molar-refractivity contribution in [2.75, 3.05) is 6.61 Å². The summed E-state index contributed by atoms with van der Waals surface area (Å²) < 4.78 is 9.30. The van der Waals surface area contributed by atoms with Crippen molar-refractivity contribution in [3.05, 3.63) is 25.0 Å². The zero-order valence-electron chi connectivity index (χ0n) is 8.25. The highest BCUT2D eigenvalue weighted by Gasteiger charge is 2.08. The predicted octanol–water partition coefficient (Wildman–Crippen LogP) is 1.57. The fraction of sp³-hybridized carbons (Fsp3) is 0.400. The van der Waals surface area contributed by atoms with E-state index in [4.69, 9.17) is 0 Å². The monoisotopic (exact) mass is 198 g/mol. The number of allylic oxidation sites excluding steroid dienone is 1. The van der Waals surface area contributed by atoms with Gasteiger partial charge in [0, 0.05) is 0 Å². The molecule has 0 bridgehead atoms. The summed E-state index contributed by atoms with van der Waals surface area (Å²) in [7, 11) is 0. The van der Waals surface area contributed by atoms with Gasteiger partial charge in [0.1, 0.15) is 6.61 Å². The summed E-state index contributed by atoms with van der Waals surface area (Å²) in [4.78, 5) is 21.8. The molecule has 0 spiro atoms. The van der Waals surface area contributed by atoms with Crippen LogP contribution in [-0.4, -0.2) is 18.5 Å². The topological polar surface area (TPSA) is 52.6 Å². The highest BCUT2D eigenvalue weighted by atomic mass is 16.5. The van der Waals surface area contributed by atoms with E-state index in [9.17, 15) is 9.59 Å². The van der Waals surface area contributed by atoms with Gasteiger partial charge in [0.15, 0.2) is 0 Å². The molecule has 0 rings (SSSR count). The molecule has 0 N–H and O–H groups in total. The van der Waals surface area contributed by atoms with Crippen molar-refractivity contribution in [1.29, 1.82) is 0 Å². The van der Waals surface area contributed by atoms with Gasteiger partial charge in [-0.2, -0.15) is 0 Å². The Morgan fingerprint density at radius 1 is 1.29 bits per heavy atom. The third-order valence-electron chi connectivity index (χ3n) is 1.18. The fourth-order valence-electron chi connectivity index (χ4n) is 0.674. The molecule has 0 aliphatic heterocycles. The molecule has 0 radical (unpaired) electrons. The SMILES string of the molecule is C=CCOC(=O)CCC(=O)OC(=C)C. The summed E-state index contributed by atoms with van der Waals surface area (Å²) in [5, 5.41) is 0.